The van der Waals surface area contributed by atoms with Crippen LogP contribution in [0.1, 0.15) is 12.5 Å². The molecule has 0 N–H and O–H groups in total. The van der Waals surface area contributed by atoms with E-state index < -0.39 is 0 Å². The molecule has 1 aliphatic heterocycles. The van der Waals surface area contributed by atoms with Crippen LogP contribution in [0.2, 0.25) is 0 Å². The number of aliphatic imine (C=N–C) groups is 1. The van der Waals surface area contributed by atoms with Crippen molar-refractivity contribution >= 4 is 28.6 Å². The molecule has 0 bridgehead atoms. The van der Waals surface area contributed by atoms with E-state index in [0.717, 1.165) is 10.8 Å². The van der Waals surface area contributed by atoms with Gasteiger partial charge in [-0.25, -0.2) is 0 Å². The molecule has 0 amide bonds. The molecule has 0 spiro atoms. The molecule has 1 aromatic rings. The van der Waals surface area contributed by atoms with Crippen LogP contribution >= 0.6 is 11.8 Å². The van der Waals surface area contributed by atoms with E-state index >= 15 is 0 Å². The summed E-state index contributed by atoms with van der Waals surface area (Å²) in [6.45, 7) is 2.15. The number of anilines is 1. The van der Waals surface area contributed by atoms with Crippen molar-refractivity contribution in [3.05, 3.63) is 48.1 Å². The molecule has 0 aliphatic carbocycles. The fourth-order valence-electron chi connectivity index (χ4n) is 1.78. The molecular formula is C16H20N2S. The van der Waals surface area contributed by atoms with Gasteiger partial charge in [-0.3, -0.25) is 4.99 Å². The summed E-state index contributed by atoms with van der Waals surface area (Å²) < 4.78 is 0. The van der Waals surface area contributed by atoms with E-state index in [9.17, 15) is 0 Å². The fraction of sp³-hybridized carbons (Fsp3) is 0.312. The zero-order valence-corrected chi connectivity index (χ0v) is 12.5. The summed E-state index contributed by atoms with van der Waals surface area (Å²) in [4.78, 5) is 6.62. The number of allylic oxidation sites excluding steroid dienone is 2. The fourth-order valence-corrected chi connectivity index (χ4v) is 2.69. The van der Waals surface area contributed by atoms with E-state index in [4.69, 9.17) is 0 Å². The van der Waals surface area contributed by atoms with Crippen LogP contribution in [0.5, 0.6) is 0 Å². The monoisotopic (exact) mass is 272 g/mol. The molecule has 1 heterocycles. The number of hydrogen-bond acceptors (Lipinski definition) is 3. The van der Waals surface area contributed by atoms with Crippen molar-refractivity contribution in [3.63, 3.8) is 0 Å². The van der Waals surface area contributed by atoms with Crippen LogP contribution in [0.15, 0.2) is 47.5 Å². The minimum absolute atomic E-state index is 0.465. The van der Waals surface area contributed by atoms with Crippen LogP contribution in [0.3, 0.4) is 0 Å². The normalized spacial score (nSPS) is 19.3. The molecule has 1 atom stereocenters. The third kappa shape index (κ3) is 4.28. The molecule has 19 heavy (non-hydrogen) atoms. The maximum atomic E-state index is 4.52. The van der Waals surface area contributed by atoms with Crippen molar-refractivity contribution in [1.29, 1.82) is 0 Å². The highest BCUT2D eigenvalue weighted by atomic mass is 32.2. The average Bonchev–Trinajstić information content (AvgIpc) is 2.81. The maximum absolute atomic E-state index is 4.52. The molecule has 0 radical (unpaired) electrons. The summed E-state index contributed by atoms with van der Waals surface area (Å²) in [6, 6.07) is 8.98. The summed E-state index contributed by atoms with van der Waals surface area (Å²) in [5.41, 5.74) is 2.43. The third-order valence-electron chi connectivity index (χ3n) is 2.87. The van der Waals surface area contributed by atoms with E-state index in [1.807, 2.05) is 11.8 Å². The predicted octanol–water partition coefficient (Wildman–Crippen LogP) is 3.86. The molecule has 0 saturated heterocycles. The van der Waals surface area contributed by atoms with E-state index in [1.54, 1.807) is 0 Å². The molecule has 0 saturated carbocycles. The quantitative estimate of drug-likeness (QED) is 0.774. The molecule has 2 rings (SSSR count). The lowest BCUT2D eigenvalue weighted by atomic mass is 10.2. The highest BCUT2D eigenvalue weighted by molar-refractivity contribution is 8.14. The predicted molar refractivity (Wildman–Crippen MR) is 88.3 cm³/mol. The number of hydrogen-bond donors (Lipinski definition) is 0. The second kappa shape index (κ2) is 6.62. The molecule has 2 nitrogen and oxygen atoms in total. The second-order valence-electron chi connectivity index (χ2n) is 4.83. The van der Waals surface area contributed by atoms with E-state index in [2.05, 4.69) is 79.5 Å². The van der Waals surface area contributed by atoms with Crippen LogP contribution < -0.4 is 4.90 Å². The van der Waals surface area contributed by atoms with Gasteiger partial charge in [0.2, 0.25) is 0 Å². The van der Waals surface area contributed by atoms with Gasteiger partial charge < -0.3 is 4.90 Å². The van der Waals surface area contributed by atoms with E-state index in [0.29, 0.717) is 6.04 Å². The van der Waals surface area contributed by atoms with E-state index in [-0.39, 0.29) is 0 Å². The first kappa shape index (κ1) is 13.9. The van der Waals surface area contributed by atoms with Gasteiger partial charge >= 0.3 is 0 Å². The van der Waals surface area contributed by atoms with Gasteiger partial charge in [0, 0.05) is 25.5 Å². The first-order chi connectivity index (χ1) is 9.15. The molecule has 3 heteroatoms. The summed E-state index contributed by atoms with van der Waals surface area (Å²) >= 11 is 1.83. The van der Waals surface area contributed by atoms with Crippen LogP contribution in [0.25, 0.3) is 6.08 Å². The number of rotatable bonds is 4. The Morgan fingerprint density at radius 2 is 1.84 bits per heavy atom. The topological polar surface area (TPSA) is 15.6 Å². The largest absolute Gasteiger partial charge is 0.378 e. The minimum Gasteiger partial charge on any atom is -0.378 e. The lowest BCUT2D eigenvalue weighted by molar-refractivity contribution is 0.866. The molecule has 0 unspecified atom stereocenters. The van der Waals surface area contributed by atoms with Crippen molar-refractivity contribution in [3.8, 4) is 0 Å². The highest BCUT2D eigenvalue weighted by Gasteiger charge is 2.10. The van der Waals surface area contributed by atoms with Gasteiger partial charge in [-0.1, -0.05) is 30.4 Å². The molecule has 1 aromatic carbocycles. The van der Waals surface area contributed by atoms with Crippen LogP contribution in [0.4, 0.5) is 5.69 Å². The highest BCUT2D eigenvalue weighted by Crippen LogP contribution is 2.18. The minimum atomic E-state index is 0.465. The summed E-state index contributed by atoms with van der Waals surface area (Å²) in [5, 5.41) is 1.14. The first-order valence-corrected chi connectivity index (χ1v) is 7.46. The molecule has 0 fully saturated rings. The van der Waals surface area contributed by atoms with Crippen molar-refractivity contribution in [2.75, 3.05) is 24.7 Å². The van der Waals surface area contributed by atoms with Gasteiger partial charge in [-0.05, 0) is 30.7 Å². The van der Waals surface area contributed by atoms with Gasteiger partial charge in [0.1, 0.15) is 0 Å². The Hall–Kier alpha value is -1.48. The Labute approximate surface area is 119 Å². The van der Waals surface area contributed by atoms with Gasteiger partial charge in [0.15, 0.2) is 0 Å². The van der Waals surface area contributed by atoms with Crippen molar-refractivity contribution < 1.29 is 0 Å². The van der Waals surface area contributed by atoms with Crippen molar-refractivity contribution in [2.45, 2.75) is 13.0 Å². The Morgan fingerprint density at radius 1 is 1.16 bits per heavy atom. The Morgan fingerprint density at radius 3 is 2.42 bits per heavy atom. The second-order valence-corrected chi connectivity index (χ2v) is 5.87. The van der Waals surface area contributed by atoms with Crippen molar-refractivity contribution in [1.82, 2.24) is 0 Å². The number of benzene rings is 1. The van der Waals surface area contributed by atoms with Gasteiger partial charge in [-0.15, -0.1) is 11.8 Å². The Balaban J connectivity index is 1.92. The van der Waals surface area contributed by atoms with Crippen LogP contribution in [-0.2, 0) is 0 Å². The smallest absolute Gasteiger partial charge is 0.0908 e. The number of nitrogens with zero attached hydrogens (tertiary/aromatic N) is 2. The molecular weight excluding hydrogens is 252 g/mol. The average molecular weight is 272 g/mol. The zero-order chi connectivity index (χ0) is 13.7. The summed E-state index contributed by atoms with van der Waals surface area (Å²) in [5.74, 6) is 1.11. The van der Waals surface area contributed by atoms with Crippen molar-refractivity contribution in [2.24, 2.45) is 4.99 Å². The first-order valence-electron chi connectivity index (χ1n) is 6.48. The Kier molecular flexibility index (Phi) is 4.86. The number of thioether (sulfide) groups is 1. The summed E-state index contributed by atoms with van der Waals surface area (Å²) in [7, 11) is 4.10. The molecule has 100 valence electrons. The summed E-state index contributed by atoms with van der Waals surface area (Å²) in [6.07, 6.45) is 8.32. The van der Waals surface area contributed by atoms with E-state index in [1.165, 1.54) is 11.3 Å². The third-order valence-corrected chi connectivity index (χ3v) is 4.05. The lowest BCUT2D eigenvalue weighted by Crippen LogP contribution is -2.07. The Bertz CT molecular complexity index is 498. The van der Waals surface area contributed by atoms with Gasteiger partial charge in [0.05, 0.1) is 11.1 Å². The molecule has 0 aromatic heterocycles. The lowest BCUT2D eigenvalue weighted by Gasteiger charge is -2.11. The standard InChI is InChI=1S/C16H20N2S/c1-13-12-19-16(17-13)7-5-4-6-14-8-10-15(11-9-14)18(2)3/h4-11,13H,12H2,1-3H3/b6-4+,7-5+/t13-/m0/s1. The molecule has 1 aliphatic rings. The maximum Gasteiger partial charge on any atom is 0.0908 e. The zero-order valence-electron chi connectivity index (χ0n) is 11.7. The van der Waals surface area contributed by atoms with Gasteiger partial charge in [0.25, 0.3) is 0 Å². The van der Waals surface area contributed by atoms with Crippen LogP contribution in [0, 0.1) is 0 Å². The SMILES string of the molecule is C[C@H]1CSC(/C=C/C=C/c2ccc(N(C)C)cc2)=N1. The van der Waals surface area contributed by atoms with Gasteiger partial charge in [-0.2, -0.15) is 0 Å². The van der Waals surface area contributed by atoms with Crippen LogP contribution in [-0.4, -0.2) is 30.9 Å².